The van der Waals surface area contributed by atoms with Gasteiger partial charge in [0.25, 0.3) is 0 Å². The fourth-order valence-electron chi connectivity index (χ4n) is 2.75. The highest BCUT2D eigenvalue weighted by atomic mass is 16.5. The third-order valence-corrected chi connectivity index (χ3v) is 4.38. The molecule has 2 saturated carbocycles. The molecule has 0 radical (unpaired) electrons. The molecule has 2 aliphatic carbocycles. The monoisotopic (exact) mass is 357 g/mol. The van der Waals surface area contributed by atoms with E-state index in [0.29, 0.717) is 30.8 Å². The molecule has 5 nitrogen and oxygen atoms in total. The van der Waals surface area contributed by atoms with Gasteiger partial charge in [-0.05, 0) is 46.0 Å². The molecule has 0 saturated heterocycles. The molecule has 1 amide bonds. The molecule has 148 valence electrons. The summed E-state index contributed by atoms with van der Waals surface area (Å²) in [5, 5.41) is 8.06. The topological polar surface area (TPSA) is 89.6 Å². The molecule has 2 aliphatic rings. The Morgan fingerprint density at radius 2 is 1.64 bits per heavy atom. The van der Waals surface area contributed by atoms with Gasteiger partial charge in [-0.1, -0.05) is 32.6 Å². The van der Waals surface area contributed by atoms with Crippen LogP contribution in [0.25, 0.3) is 0 Å². The summed E-state index contributed by atoms with van der Waals surface area (Å²) in [7, 11) is 0. The first-order chi connectivity index (χ1) is 11.9. The van der Waals surface area contributed by atoms with Gasteiger partial charge < -0.3 is 15.6 Å². The molecule has 25 heavy (non-hydrogen) atoms. The van der Waals surface area contributed by atoms with Crippen molar-refractivity contribution in [3.8, 4) is 0 Å². The number of Topliss-reactive ketones (excluding diaryl/α,β-unsaturated/α-hetero) is 1. The van der Waals surface area contributed by atoms with Crippen molar-refractivity contribution in [2.45, 2.75) is 104 Å². The third-order valence-electron chi connectivity index (χ3n) is 4.38. The number of rotatable bonds is 7. The second-order valence-electron chi connectivity index (χ2n) is 7.24. The van der Waals surface area contributed by atoms with Gasteiger partial charge in [0.2, 0.25) is 5.91 Å². The van der Waals surface area contributed by atoms with Crippen LogP contribution >= 0.6 is 0 Å². The second-order valence-corrected chi connectivity index (χ2v) is 7.24. The number of hydrogen-bond donors (Lipinski definition) is 2. The van der Waals surface area contributed by atoms with Crippen molar-refractivity contribution in [2.75, 3.05) is 6.61 Å². The molecule has 0 aromatic carbocycles. The first-order valence-electron chi connectivity index (χ1n) is 9.97. The van der Waals surface area contributed by atoms with Crippen LogP contribution in [0.4, 0.5) is 0 Å². The fraction of sp³-hybridized carbons (Fsp3) is 0.900. The largest absolute Gasteiger partial charge is 0.394 e. The van der Waals surface area contributed by atoms with Crippen LogP contribution in [0.15, 0.2) is 0 Å². The summed E-state index contributed by atoms with van der Waals surface area (Å²) in [6.07, 6.45) is 12.1. The number of aliphatic hydroxyl groups excluding tert-OH is 1. The molecule has 2 fully saturated rings. The van der Waals surface area contributed by atoms with Crippen LogP contribution in [0.5, 0.6) is 0 Å². The fourth-order valence-corrected chi connectivity index (χ4v) is 2.75. The van der Waals surface area contributed by atoms with Gasteiger partial charge >= 0.3 is 0 Å². The Balaban J connectivity index is 0.000000407. The summed E-state index contributed by atoms with van der Waals surface area (Å²) >= 11 is 0. The Hall–Kier alpha value is -0.940. The first kappa shape index (κ1) is 24.1. The van der Waals surface area contributed by atoms with Gasteiger partial charge in [-0.15, -0.1) is 0 Å². The van der Waals surface area contributed by atoms with Crippen molar-refractivity contribution < 1.29 is 19.4 Å². The number of ketones is 1. The van der Waals surface area contributed by atoms with Crippen LogP contribution in [-0.2, 0) is 14.3 Å². The quantitative estimate of drug-likeness (QED) is 0.679. The van der Waals surface area contributed by atoms with Crippen LogP contribution < -0.4 is 5.73 Å². The summed E-state index contributed by atoms with van der Waals surface area (Å²) in [4.78, 5) is 21.2. The average Bonchev–Trinajstić information content (AvgIpc) is 2.51. The minimum absolute atomic E-state index is 0.167. The van der Waals surface area contributed by atoms with Gasteiger partial charge in [-0.2, -0.15) is 0 Å². The van der Waals surface area contributed by atoms with E-state index in [9.17, 15) is 9.59 Å². The van der Waals surface area contributed by atoms with Crippen LogP contribution in [-0.4, -0.2) is 35.6 Å². The molecule has 0 unspecified atom stereocenters. The van der Waals surface area contributed by atoms with Crippen molar-refractivity contribution in [1.82, 2.24) is 0 Å². The van der Waals surface area contributed by atoms with E-state index in [2.05, 4.69) is 0 Å². The van der Waals surface area contributed by atoms with E-state index < -0.39 is 0 Å². The van der Waals surface area contributed by atoms with Gasteiger partial charge in [0.15, 0.2) is 0 Å². The number of aliphatic hydroxyl groups is 1. The molecule has 0 aromatic rings. The number of ether oxygens (including phenoxy) is 1. The molecule has 0 aromatic heterocycles. The van der Waals surface area contributed by atoms with E-state index in [0.717, 1.165) is 25.7 Å². The number of carbonyl (C=O) groups is 2. The number of primary amides is 1. The predicted octanol–water partition coefficient (Wildman–Crippen LogP) is 3.75. The Morgan fingerprint density at radius 1 is 1.08 bits per heavy atom. The van der Waals surface area contributed by atoms with Gasteiger partial charge in [0, 0.05) is 31.5 Å². The number of carbonyl (C=O) groups excluding carboxylic acids is 2. The summed E-state index contributed by atoms with van der Waals surface area (Å²) < 4.78 is 5.63. The maximum absolute atomic E-state index is 10.8. The lowest BCUT2D eigenvalue weighted by Gasteiger charge is -2.22. The molecular formula is C20H39NO4. The predicted molar refractivity (Wildman–Crippen MR) is 101 cm³/mol. The van der Waals surface area contributed by atoms with E-state index in [4.69, 9.17) is 15.6 Å². The molecule has 0 atom stereocenters. The van der Waals surface area contributed by atoms with Crippen LogP contribution in [0, 0.1) is 5.92 Å². The summed E-state index contributed by atoms with van der Waals surface area (Å²) in [5.41, 5.74) is 5.02. The Labute approximate surface area is 153 Å². The van der Waals surface area contributed by atoms with Crippen molar-refractivity contribution in [1.29, 1.82) is 0 Å². The van der Waals surface area contributed by atoms with E-state index in [1.165, 1.54) is 38.5 Å². The lowest BCUT2D eigenvalue weighted by atomic mass is 9.81. The molecule has 0 heterocycles. The van der Waals surface area contributed by atoms with Crippen LogP contribution in [0.1, 0.15) is 91.4 Å². The minimum Gasteiger partial charge on any atom is -0.394 e. The molecule has 0 aliphatic heterocycles. The highest BCUT2D eigenvalue weighted by Gasteiger charge is 2.22. The third kappa shape index (κ3) is 15.1. The molecule has 3 N–H and O–H groups in total. The number of nitrogens with two attached hydrogens (primary N) is 1. The van der Waals surface area contributed by atoms with Gasteiger partial charge in [-0.25, -0.2) is 0 Å². The van der Waals surface area contributed by atoms with Crippen molar-refractivity contribution in [3.05, 3.63) is 0 Å². The number of amides is 1. The molecular weight excluding hydrogens is 318 g/mol. The second kappa shape index (κ2) is 15.3. The highest BCUT2D eigenvalue weighted by molar-refractivity contribution is 5.81. The van der Waals surface area contributed by atoms with Crippen molar-refractivity contribution in [3.63, 3.8) is 0 Å². The normalized spacial score (nSPS) is 17.6. The number of hydrogen-bond acceptors (Lipinski definition) is 4. The van der Waals surface area contributed by atoms with E-state index in [1.807, 2.05) is 6.92 Å². The van der Waals surface area contributed by atoms with Crippen LogP contribution in [0.3, 0.4) is 0 Å². The molecule has 0 bridgehead atoms. The van der Waals surface area contributed by atoms with Gasteiger partial charge in [0.1, 0.15) is 5.78 Å². The van der Waals surface area contributed by atoms with Gasteiger partial charge in [0.05, 0.1) is 6.10 Å². The minimum atomic E-state index is -0.229. The van der Waals surface area contributed by atoms with E-state index in [-0.39, 0.29) is 12.0 Å². The zero-order valence-electron chi connectivity index (χ0n) is 16.5. The zero-order chi connectivity index (χ0) is 19.1. The van der Waals surface area contributed by atoms with Crippen molar-refractivity contribution in [2.24, 2.45) is 11.7 Å². The Bertz CT molecular complexity index is 345. The van der Waals surface area contributed by atoms with Gasteiger partial charge in [-0.3, -0.25) is 9.59 Å². The summed E-state index contributed by atoms with van der Waals surface area (Å²) in [6.45, 7) is 6.08. The van der Waals surface area contributed by atoms with E-state index in [1.54, 1.807) is 13.8 Å². The maximum Gasteiger partial charge on any atom is 0.217 e. The summed E-state index contributed by atoms with van der Waals surface area (Å²) in [5.74, 6) is 0.698. The van der Waals surface area contributed by atoms with Crippen molar-refractivity contribution >= 4 is 11.7 Å². The SMILES string of the molecule is CC(C)O.CCC(=O)C1CCC1.NC(=O)CCCOC1CCCCC1. The van der Waals surface area contributed by atoms with Crippen LogP contribution in [0.2, 0.25) is 0 Å². The zero-order valence-corrected chi connectivity index (χ0v) is 16.5. The Kier molecular flexibility index (Phi) is 14.7. The highest BCUT2D eigenvalue weighted by Crippen LogP contribution is 2.27. The molecule has 2 rings (SSSR count). The summed E-state index contributed by atoms with van der Waals surface area (Å²) in [6, 6.07) is 0. The average molecular weight is 358 g/mol. The van der Waals surface area contributed by atoms with E-state index >= 15 is 0 Å². The Morgan fingerprint density at radius 3 is 2.00 bits per heavy atom. The lowest BCUT2D eigenvalue weighted by Crippen LogP contribution is -2.20. The molecule has 5 heteroatoms. The smallest absolute Gasteiger partial charge is 0.217 e. The maximum atomic E-state index is 10.8. The standard InChI is InChI=1S/C10H19NO2.C7H12O.C3H8O/c11-10(12)7-4-8-13-9-5-2-1-3-6-9;1-2-7(8)6-4-3-5-6;1-3(2)4/h9H,1-8H2,(H2,11,12);6H,2-5H2,1H3;3-4H,1-2H3. The molecule has 0 spiro atoms. The lowest BCUT2D eigenvalue weighted by molar-refractivity contribution is -0.124. The first-order valence-corrected chi connectivity index (χ1v) is 9.97.